The first-order valence-electron chi connectivity index (χ1n) is 11.8. The smallest absolute Gasteiger partial charge is 0.416 e. The first-order valence-corrected chi connectivity index (χ1v) is 11.8. The summed E-state index contributed by atoms with van der Waals surface area (Å²) in [5.41, 5.74) is 2.52. The highest BCUT2D eigenvalue weighted by atomic mass is 19.4. The number of amides is 1. The number of carbonyl (C=O) groups is 1. The number of ether oxygens (including phenoxy) is 2. The van der Waals surface area contributed by atoms with Gasteiger partial charge in [0.05, 0.1) is 30.3 Å². The Hall–Kier alpha value is -2.97. The summed E-state index contributed by atoms with van der Waals surface area (Å²) in [5, 5.41) is 3.53. The Kier molecular flexibility index (Phi) is 7.87. The number of likely N-dealkylation sites (tertiary alicyclic amines) is 1. The summed E-state index contributed by atoms with van der Waals surface area (Å²) >= 11 is 0. The normalized spacial score (nSPS) is 16.7. The maximum atomic E-state index is 13.2. The van der Waals surface area contributed by atoms with Crippen molar-refractivity contribution >= 4 is 11.8 Å². The zero-order chi connectivity index (χ0) is 26.0. The van der Waals surface area contributed by atoms with E-state index in [1.54, 1.807) is 11.1 Å². The predicted molar refractivity (Wildman–Crippen MR) is 130 cm³/mol. The van der Waals surface area contributed by atoms with Crippen LogP contribution in [0.3, 0.4) is 0 Å². The number of benzene rings is 1. The molecule has 6 nitrogen and oxygen atoms in total. The number of nitrogens with zero attached hydrogens (tertiary/aromatic N) is 2. The Morgan fingerprint density at radius 3 is 2.57 bits per heavy atom. The molecule has 0 spiro atoms. The molecule has 35 heavy (non-hydrogen) atoms. The summed E-state index contributed by atoms with van der Waals surface area (Å²) in [5.74, 6) is 0.124. The van der Waals surface area contributed by atoms with Gasteiger partial charge in [-0.3, -0.25) is 4.98 Å². The van der Waals surface area contributed by atoms with Crippen molar-refractivity contribution in [2.24, 2.45) is 0 Å². The van der Waals surface area contributed by atoms with Crippen molar-refractivity contribution in [3.8, 4) is 17.0 Å². The lowest BCUT2D eigenvalue weighted by Crippen LogP contribution is -2.47. The number of hydrogen-bond donors (Lipinski definition) is 1. The predicted octanol–water partition coefficient (Wildman–Crippen LogP) is 6.46. The third-order valence-corrected chi connectivity index (χ3v) is 6.03. The maximum Gasteiger partial charge on any atom is 0.416 e. The number of pyridine rings is 1. The average Bonchev–Trinajstić information content (AvgIpc) is 2.77. The second-order valence-electron chi connectivity index (χ2n) is 9.80. The fourth-order valence-corrected chi connectivity index (χ4v) is 4.37. The molecule has 1 atom stereocenters. The number of rotatable bonds is 5. The number of nitrogens with one attached hydrogen (secondary N) is 1. The minimum atomic E-state index is -4.45. The van der Waals surface area contributed by atoms with Gasteiger partial charge in [0.2, 0.25) is 0 Å². The van der Waals surface area contributed by atoms with E-state index in [2.05, 4.69) is 10.3 Å². The van der Waals surface area contributed by atoms with Crippen LogP contribution >= 0.6 is 0 Å². The molecule has 1 aromatic carbocycles. The van der Waals surface area contributed by atoms with Crippen molar-refractivity contribution in [3.05, 3.63) is 41.1 Å². The third-order valence-electron chi connectivity index (χ3n) is 6.03. The van der Waals surface area contributed by atoms with E-state index in [1.807, 2.05) is 34.6 Å². The Bertz CT molecular complexity index is 1060. The summed E-state index contributed by atoms with van der Waals surface area (Å²) in [7, 11) is 1.35. The highest BCUT2D eigenvalue weighted by molar-refractivity contribution is 5.74. The number of aromatic nitrogens is 1. The molecule has 2 aromatic rings. The molecule has 0 saturated carbocycles. The van der Waals surface area contributed by atoms with Gasteiger partial charge in [-0.15, -0.1) is 0 Å². The molecule has 0 radical (unpaired) electrons. The van der Waals surface area contributed by atoms with Crippen molar-refractivity contribution in [1.82, 2.24) is 9.88 Å². The number of halogens is 3. The Morgan fingerprint density at radius 1 is 1.26 bits per heavy atom. The maximum absolute atomic E-state index is 13.2. The Labute approximate surface area is 204 Å². The lowest BCUT2D eigenvalue weighted by Gasteiger charge is -2.35. The molecule has 1 aromatic heterocycles. The second-order valence-corrected chi connectivity index (χ2v) is 9.80. The van der Waals surface area contributed by atoms with E-state index in [4.69, 9.17) is 9.47 Å². The molecule has 1 aliphatic rings. The molecular formula is C26H34F3N3O3. The van der Waals surface area contributed by atoms with Crippen molar-refractivity contribution in [2.75, 3.05) is 25.5 Å². The van der Waals surface area contributed by atoms with Crippen LogP contribution < -0.4 is 10.1 Å². The lowest BCUT2D eigenvalue weighted by atomic mass is 9.97. The van der Waals surface area contributed by atoms with E-state index in [-0.39, 0.29) is 17.9 Å². The van der Waals surface area contributed by atoms with Crippen LogP contribution in [0.1, 0.15) is 57.2 Å². The van der Waals surface area contributed by atoms with E-state index < -0.39 is 17.3 Å². The molecule has 3 rings (SSSR count). The van der Waals surface area contributed by atoms with Gasteiger partial charge >= 0.3 is 12.3 Å². The molecule has 2 heterocycles. The van der Waals surface area contributed by atoms with Crippen molar-refractivity contribution in [3.63, 3.8) is 0 Å². The molecule has 0 bridgehead atoms. The minimum absolute atomic E-state index is 0.0363. The van der Waals surface area contributed by atoms with E-state index >= 15 is 0 Å². The van der Waals surface area contributed by atoms with Gasteiger partial charge < -0.3 is 19.7 Å². The molecule has 9 heteroatoms. The van der Waals surface area contributed by atoms with Gasteiger partial charge in [-0.1, -0.05) is 6.92 Å². The van der Waals surface area contributed by atoms with Gasteiger partial charge in [-0.25, -0.2) is 4.79 Å². The first kappa shape index (κ1) is 26.6. The fourth-order valence-electron chi connectivity index (χ4n) is 4.37. The van der Waals surface area contributed by atoms with Crippen molar-refractivity contribution in [2.45, 2.75) is 71.7 Å². The molecule has 1 amide bonds. The molecule has 1 fully saturated rings. The fraction of sp³-hybridized carbons (Fsp3) is 0.538. The van der Waals surface area contributed by atoms with Gasteiger partial charge in [0, 0.05) is 24.7 Å². The quantitative estimate of drug-likeness (QED) is 0.518. The van der Waals surface area contributed by atoms with Gasteiger partial charge in [0.15, 0.2) is 0 Å². The number of hydrogen-bond acceptors (Lipinski definition) is 5. The Balaban J connectivity index is 1.85. The standard InChI is InChI=1S/C26H34F3N3O3/c1-7-19-16(2)23(20-11-10-17(26(27,28)29)13-22(20)34-6)30-14-21(19)31-18-9-8-12-32(15-18)24(33)35-25(3,4)5/h10-11,13-14,18,31H,7-9,12,15H2,1-6H3/t18-/m1/s1. The highest BCUT2D eigenvalue weighted by Gasteiger charge is 2.32. The van der Waals surface area contributed by atoms with Gasteiger partial charge in [0.1, 0.15) is 11.4 Å². The Morgan fingerprint density at radius 2 is 1.97 bits per heavy atom. The zero-order valence-corrected chi connectivity index (χ0v) is 21.2. The van der Waals surface area contributed by atoms with E-state index in [0.717, 1.165) is 41.8 Å². The number of carbonyl (C=O) groups excluding carboxylic acids is 1. The van der Waals surface area contributed by atoms with Crippen LogP contribution in [-0.4, -0.2) is 47.8 Å². The van der Waals surface area contributed by atoms with E-state index in [9.17, 15) is 18.0 Å². The molecule has 0 unspecified atom stereocenters. The summed E-state index contributed by atoms with van der Waals surface area (Å²) in [6.07, 6.45) is -0.607. The molecule has 0 aliphatic carbocycles. The second kappa shape index (κ2) is 10.3. The molecule has 1 N–H and O–H groups in total. The molecule has 1 aliphatic heterocycles. The summed E-state index contributed by atoms with van der Waals surface area (Å²) < 4.78 is 50.3. The van der Waals surface area contributed by atoms with Crippen molar-refractivity contribution in [1.29, 1.82) is 0 Å². The van der Waals surface area contributed by atoms with Crippen LogP contribution in [0.15, 0.2) is 24.4 Å². The molecule has 192 valence electrons. The van der Waals surface area contributed by atoms with E-state index in [0.29, 0.717) is 30.8 Å². The zero-order valence-electron chi connectivity index (χ0n) is 21.2. The first-order chi connectivity index (χ1) is 16.3. The van der Waals surface area contributed by atoms with E-state index in [1.165, 1.54) is 13.2 Å². The summed E-state index contributed by atoms with van der Waals surface area (Å²) in [6.45, 7) is 10.6. The highest BCUT2D eigenvalue weighted by Crippen LogP contribution is 2.39. The average molecular weight is 494 g/mol. The number of anilines is 1. The third kappa shape index (κ3) is 6.38. The van der Waals surface area contributed by atoms with Crippen molar-refractivity contribution < 1.29 is 27.4 Å². The van der Waals surface area contributed by atoms with Gasteiger partial charge in [0.25, 0.3) is 0 Å². The molecule has 1 saturated heterocycles. The van der Waals surface area contributed by atoms with Crippen LogP contribution in [0.5, 0.6) is 5.75 Å². The SMILES string of the molecule is CCc1c(N[C@@H]2CCCN(C(=O)OC(C)(C)C)C2)cnc(-c2ccc(C(F)(F)F)cc2OC)c1C. The number of alkyl halides is 3. The largest absolute Gasteiger partial charge is 0.496 e. The van der Waals surface area contributed by atoms with Crippen LogP contribution in [0.4, 0.5) is 23.7 Å². The van der Waals surface area contributed by atoms with Crippen LogP contribution in [0.25, 0.3) is 11.3 Å². The monoisotopic (exact) mass is 493 g/mol. The topological polar surface area (TPSA) is 63.7 Å². The van der Waals surface area contributed by atoms with Gasteiger partial charge in [-0.05, 0) is 76.3 Å². The lowest BCUT2D eigenvalue weighted by molar-refractivity contribution is -0.137. The van der Waals surface area contributed by atoms with Crippen LogP contribution in [0.2, 0.25) is 0 Å². The number of methoxy groups -OCH3 is 1. The summed E-state index contributed by atoms with van der Waals surface area (Å²) in [6, 6.07) is 3.49. The van der Waals surface area contributed by atoms with Gasteiger partial charge in [-0.2, -0.15) is 13.2 Å². The van der Waals surface area contributed by atoms with Crippen LogP contribution in [-0.2, 0) is 17.3 Å². The summed E-state index contributed by atoms with van der Waals surface area (Å²) in [4.78, 5) is 18.8. The molecular weight excluding hydrogens is 459 g/mol. The van der Waals surface area contributed by atoms with Crippen LogP contribution in [0, 0.1) is 6.92 Å². The number of piperidine rings is 1. The minimum Gasteiger partial charge on any atom is -0.496 e.